The molecule has 0 bridgehead atoms. The van der Waals surface area contributed by atoms with E-state index in [-0.39, 0.29) is 36.7 Å². The molecule has 0 aliphatic carbocycles. The van der Waals surface area contributed by atoms with Gasteiger partial charge < -0.3 is 25.4 Å². The Balaban J connectivity index is 0.00000364. The highest BCUT2D eigenvalue weighted by atomic mass is 127. The first kappa shape index (κ1) is 23.5. The lowest BCUT2D eigenvalue weighted by Crippen LogP contribution is -2.53. The first-order chi connectivity index (χ1) is 12.3. The van der Waals surface area contributed by atoms with Crippen LogP contribution < -0.4 is 5.73 Å². The minimum atomic E-state index is -0.482. The maximum atomic E-state index is 12.1. The molecule has 1 aromatic carbocycles. The normalized spacial score (nSPS) is 15.3. The molecule has 1 aliphatic heterocycles. The van der Waals surface area contributed by atoms with Crippen LogP contribution in [0.2, 0.25) is 0 Å². The fourth-order valence-electron chi connectivity index (χ4n) is 2.66. The van der Waals surface area contributed by atoms with Gasteiger partial charge in [0.05, 0.1) is 6.61 Å². The maximum absolute atomic E-state index is 12.1. The number of piperazine rings is 1. The molecule has 27 heavy (non-hydrogen) atoms. The Morgan fingerprint density at radius 3 is 2.15 bits per heavy atom. The summed E-state index contributed by atoms with van der Waals surface area (Å²) in [5.74, 6) is 0.515. The second kappa shape index (κ2) is 10.7. The van der Waals surface area contributed by atoms with Gasteiger partial charge in [0.1, 0.15) is 5.60 Å². The highest BCUT2D eigenvalue weighted by molar-refractivity contribution is 14.0. The quantitative estimate of drug-likeness (QED) is 0.384. The highest BCUT2D eigenvalue weighted by Gasteiger charge is 2.26. The second-order valence-electron chi connectivity index (χ2n) is 7.42. The Labute approximate surface area is 178 Å². The predicted octanol–water partition coefficient (Wildman–Crippen LogP) is 2.21. The number of nitrogens with zero attached hydrogens (tertiary/aromatic N) is 3. The largest absolute Gasteiger partial charge is 0.444 e. The number of halogens is 1. The van der Waals surface area contributed by atoms with Crippen molar-refractivity contribution in [2.75, 3.05) is 32.7 Å². The number of carbonyl (C=O) groups excluding carboxylic acids is 1. The number of ether oxygens (including phenoxy) is 1. The van der Waals surface area contributed by atoms with Gasteiger partial charge in [0, 0.05) is 32.7 Å². The number of aliphatic hydroxyl groups excluding tert-OH is 1. The molecule has 3 N–H and O–H groups in total. The average Bonchev–Trinajstić information content (AvgIpc) is 2.61. The lowest BCUT2D eigenvalue weighted by atomic mass is 10.1. The van der Waals surface area contributed by atoms with E-state index in [9.17, 15) is 4.79 Å². The molecule has 0 spiro atoms. The number of guanidine groups is 1. The smallest absolute Gasteiger partial charge is 0.410 e. The van der Waals surface area contributed by atoms with Crippen molar-refractivity contribution in [1.29, 1.82) is 0 Å². The molecule has 1 aromatic rings. The third-order valence-corrected chi connectivity index (χ3v) is 4.14. The van der Waals surface area contributed by atoms with E-state index in [1.54, 1.807) is 4.90 Å². The molecule has 152 valence electrons. The first-order valence-corrected chi connectivity index (χ1v) is 9.00. The average molecular weight is 490 g/mol. The number of nitrogens with two attached hydrogens (primary N) is 1. The van der Waals surface area contributed by atoms with Crippen molar-refractivity contribution in [3.63, 3.8) is 0 Å². The van der Waals surface area contributed by atoms with Crippen LogP contribution in [0.3, 0.4) is 0 Å². The molecular weight excluding hydrogens is 459 g/mol. The molecule has 0 atom stereocenters. The van der Waals surface area contributed by atoms with Gasteiger partial charge in [0.2, 0.25) is 0 Å². The zero-order valence-electron chi connectivity index (χ0n) is 16.4. The van der Waals surface area contributed by atoms with Gasteiger partial charge in [-0.25, -0.2) is 4.79 Å². The number of carbonyl (C=O) groups is 1. The Bertz CT molecular complexity index is 621. The lowest BCUT2D eigenvalue weighted by molar-refractivity contribution is 0.0186. The minimum absolute atomic E-state index is 0. The number of rotatable bonds is 4. The molecular formula is C19H31IN4O3. The number of benzene rings is 1. The van der Waals surface area contributed by atoms with Crippen LogP contribution >= 0.6 is 24.0 Å². The number of aliphatic hydroxyl groups is 1. The Morgan fingerprint density at radius 1 is 1.11 bits per heavy atom. The van der Waals surface area contributed by atoms with Crippen LogP contribution in [-0.2, 0) is 17.8 Å². The topological polar surface area (TPSA) is 91.4 Å². The fraction of sp³-hybridized carbons (Fsp3) is 0.579. The van der Waals surface area contributed by atoms with E-state index in [2.05, 4.69) is 4.99 Å². The van der Waals surface area contributed by atoms with Gasteiger partial charge in [0.25, 0.3) is 0 Å². The van der Waals surface area contributed by atoms with E-state index in [1.807, 2.05) is 49.9 Å². The standard InChI is InChI=1S/C19H30N4O3.HI/c1-19(2,3)26-18(25)23-12-10-22(11-13-23)17(20)21-9-8-15-4-6-16(14-24)7-5-15;/h4-7,24H,8-14H2,1-3H3,(H2,20,21);1H. The molecule has 1 aliphatic rings. The summed E-state index contributed by atoms with van der Waals surface area (Å²) in [6.07, 6.45) is 0.517. The second-order valence-corrected chi connectivity index (χ2v) is 7.42. The van der Waals surface area contributed by atoms with Crippen LogP contribution in [0.25, 0.3) is 0 Å². The van der Waals surface area contributed by atoms with Crippen molar-refractivity contribution < 1.29 is 14.6 Å². The maximum Gasteiger partial charge on any atom is 0.410 e. The van der Waals surface area contributed by atoms with Crippen molar-refractivity contribution in [2.45, 2.75) is 39.4 Å². The first-order valence-electron chi connectivity index (χ1n) is 9.00. The molecule has 7 nitrogen and oxygen atoms in total. The van der Waals surface area contributed by atoms with Gasteiger partial charge in [-0.15, -0.1) is 24.0 Å². The summed E-state index contributed by atoms with van der Waals surface area (Å²) in [4.78, 5) is 20.2. The molecule has 1 saturated heterocycles. The van der Waals surface area contributed by atoms with E-state index in [4.69, 9.17) is 15.6 Å². The van der Waals surface area contributed by atoms with E-state index in [0.717, 1.165) is 17.5 Å². The van der Waals surface area contributed by atoms with Gasteiger partial charge in [-0.2, -0.15) is 0 Å². The Morgan fingerprint density at radius 2 is 1.63 bits per heavy atom. The van der Waals surface area contributed by atoms with Crippen molar-refractivity contribution in [3.05, 3.63) is 35.4 Å². The Hall–Kier alpha value is -1.55. The molecule has 0 saturated carbocycles. The zero-order valence-corrected chi connectivity index (χ0v) is 18.7. The molecule has 8 heteroatoms. The van der Waals surface area contributed by atoms with Gasteiger partial charge in [-0.3, -0.25) is 4.99 Å². The summed E-state index contributed by atoms with van der Waals surface area (Å²) in [5, 5.41) is 9.05. The molecule has 0 radical (unpaired) electrons. The minimum Gasteiger partial charge on any atom is -0.444 e. The van der Waals surface area contributed by atoms with Gasteiger partial charge >= 0.3 is 6.09 Å². The fourth-order valence-corrected chi connectivity index (χ4v) is 2.66. The molecule has 2 rings (SSSR count). The van der Waals surface area contributed by atoms with Crippen LogP contribution in [0.5, 0.6) is 0 Å². The van der Waals surface area contributed by atoms with E-state index in [0.29, 0.717) is 38.7 Å². The van der Waals surface area contributed by atoms with Crippen molar-refractivity contribution in [1.82, 2.24) is 9.80 Å². The number of aliphatic imine (C=N–C) groups is 1. The third-order valence-electron chi connectivity index (χ3n) is 4.14. The summed E-state index contributed by atoms with van der Waals surface area (Å²) < 4.78 is 5.39. The summed E-state index contributed by atoms with van der Waals surface area (Å²) in [7, 11) is 0. The highest BCUT2D eigenvalue weighted by Crippen LogP contribution is 2.12. The summed E-state index contributed by atoms with van der Waals surface area (Å²) in [5.41, 5.74) is 7.67. The number of amides is 1. The number of hydrogen-bond acceptors (Lipinski definition) is 4. The summed E-state index contributed by atoms with van der Waals surface area (Å²) in [6, 6.07) is 7.82. The Kier molecular flexibility index (Phi) is 9.31. The number of hydrogen-bond donors (Lipinski definition) is 2. The zero-order chi connectivity index (χ0) is 19.2. The van der Waals surface area contributed by atoms with Crippen LogP contribution in [0.1, 0.15) is 31.9 Å². The monoisotopic (exact) mass is 490 g/mol. The van der Waals surface area contributed by atoms with Crippen LogP contribution in [0, 0.1) is 0 Å². The van der Waals surface area contributed by atoms with Crippen LogP contribution in [0.4, 0.5) is 4.79 Å². The molecule has 0 unspecified atom stereocenters. The van der Waals surface area contributed by atoms with Crippen molar-refractivity contribution >= 4 is 36.0 Å². The molecule has 1 amide bonds. The summed E-state index contributed by atoms with van der Waals surface area (Å²) >= 11 is 0. The van der Waals surface area contributed by atoms with E-state index in [1.165, 1.54) is 0 Å². The summed E-state index contributed by atoms with van der Waals surface area (Å²) in [6.45, 7) is 8.72. The van der Waals surface area contributed by atoms with Gasteiger partial charge in [0.15, 0.2) is 5.96 Å². The lowest BCUT2D eigenvalue weighted by Gasteiger charge is -2.36. The SMILES string of the molecule is CC(C)(C)OC(=O)N1CCN(C(N)=NCCc2ccc(CO)cc2)CC1.I. The predicted molar refractivity (Wildman–Crippen MR) is 117 cm³/mol. The van der Waals surface area contributed by atoms with E-state index < -0.39 is 5.60 Å². The molecule has 1 fully saturated rings. The molecule has 0 aromatic heterocycles. The van der Waals surface area contributed by atoms with Gasteiger partial charge in [-0.05, 0) is 38.3 Å². The van der Waals surface area contributed by atoms with Crippen LogP contribution in [-0.4, -0.2) is 65.3 Å². The van der Waals surface area contributed by atoms with Crippen LogP contribution in [0.15, 0.2) is 29.3 Å². The van der Waals surface area contributed by atoms with E-state index >= 15 is 0 Å². The molecule has 1 heterocycles. The van der Waals surface area contributed by atoms with Crippen molar-refractivity contribution in [3.8, 4) is 0 Å². The van der Waals surface area contributed by atoms with Crippen molar-refractivity contribution in [2.24, 2.45) is 10.7 Å². The van der Waals surface area contributed by atoms with Gasteiger partial charge in [-0.1, -0.05) is 24.3 Å². The third kappa shape index (κ3) is 7.92.